The van der Waals surface area contributed by atoms with Gasteiger partial charge in [0.2, 0.25) is 0 Å². The second kappa shape index (κ2) is 4.39. The molecule has 0 unspecified atom stereocenters. The van der Waals surface area contributed by atoms with E-state index in [0.29, 0.717) is 0 Å². The fourth-order valence-corrected chi connectivity index (χ4v) is 0.507. The van der Waals surface area contributed by atoms with Crippen molar-refractivity contribution >= 4 is 0 Å². The van der Waals surface area contributed by atoms with E-state index in [1.165, 1.54) is 0 Å². The minimum absolute atomic E-state index is 0.257. The van der Waals surface area contributed by atoms with E-state index in [9.17, 15) is 0 Å². The first-order valence-corrected chi connectivity index (χ1v) is 3.14. The summed E-state index contributed by atoms with van der Waals surface area (Å²) < 4.78 is 0. The van der Waals surface area contributed by atoms with Gasteiger partial charge in [0.05, 0.1) is 0 Å². The average Bonchev–Trinajstić information content (AvgIpc) is 1.82. The maximum absolute atomic E-state index is 8.44. The lowest BCUT2D eigenvalue weighted by molar-refractivity contribution is 0.284. The molecule has 2 nitrogen and oxygen atoms in total. The third kappa shape index (κ3) is 4.03. The predicted octanol–water partition coefficient (Wildman–Crippen LogP) is 0.834. The summed E-state index contributed by atoms with van der Waals surface area (Å²) in [4.78, 5) is 1.97. The van der Waals surface area contributed by atoms with E-state index in [1.54, 1.807) is 0 Å². The summed E-state index contributed by atoms with van der Waals surface area (Å²) in [7, 11) is 3.92. The number of hydrogen-bond donors (Lipinski definition) is 1. The first-order chi connectivity index (χ1) is 4.18. The number of aliphatic hydroxyl groups excluding tert-OH is 1. The lowest BCUT2D eigenvalue weighted by Gasteiger charge is -2.14. The van der Waals surface area contributed by atoms with Crippen molar-refractivity contribution in [3.63, 3.8) is 0 Å². The fourth-order valence-electron chi connectivity index (χ4n) is 0.507. The van der Waals surface area contributed by atoms with Crippen LogP contribution in [0.1, 0.15) is 12.8 Å². The topological polar surface area (TPSA) is 23.5 Å². The number of aliphatic hydroxyl groups is 1. The maximum atomic E-state index is 8.44. The minimum Gasteiger partial charge on any atom is -0.396 e. The third-order valence-corrected chi connectivity index (χ3v) is 1.26. The lowest BCUT2D eigenvalue weighted by Crippen LogP contribution is -2.09. The predicted molar refractivity (Wildman–Crippen MR) is 39.1 cm³/mol. The second-order valence-corrected chi connectivity index (χ2v) is 2.29. The molecule has 0 aromatic carbocycles. The molecule has 0 rings (SSSR count). The normalized spacial score (nSPS) is 9.22. The largest absolute Gasteiger partial charge is 0.396 e. The average molecular weight is 129 g/mol. The van der Waals surface area contributed by atoms with Gasteiger partial charge in [-0.3, -0.25) is 0 Å². The second-order valence-electron chi connectivity index (χ2n) is 2.29. The Morgan fingerprint density at radius 3 is 2.44 bits per heavy atom. The molecule has 0 fully saturated rings. The molecule has 0 atom stereocenters. The number of nitrogens with zero attached hydrogens (tertiary/aromatic N) is 1. The molecule has 54 valence electrons. The summed E-state index contributed by atoms with van der Waals surface area (Å²) in [6.07, 6.45) is 1.71. The standard InChI is InChI=1S/C7H15NO/c1-7(8(2)3)5-4-6-9/h9H,1,4-6H2,2-3H3. The molecule has 0 bridgehead atoms. The first kappa shape index (κ1) is 8.50. The monoisotopic (exact) mass is 129 g/mol. The molecule has 2 heteroatoms. The zero-order valence-electron chi connectivity index (χ0n) is 6.22. The van der Waals surface area contributed by atoms with Crippen LogP contribution in [0.4, 0.5) is 0 Å². The van der Waals surface area contributed by atoms with Crippen molar-refractivity contribution in [2.24, 2.45) is 0 Å². The summed E-state index contributed by atoms with van der Waals surface area (Å²) in [6.45, 7) is 4.06. The van der Waals surface area contributed by atoms with Crippen LogP contribution in [0.25, 0.3) is 0 Å². The van der Waals surface area contributed by atoms with Gasteiger partial charge >= 0.3 is 0 Å². The highest BCUT2D eigenvalue weighted by atomic mass is 16.2. The summed E-state index contributed by atoms with van der Waals surface area (Å²) >= 11 is 0. The number of rotatable bonds is 4. The Morgan fingerprint density at radius 1 is 1.56 bits per heavy atom. The van der Waals surface area contributed by atoms with Crippen LogP contribution in [0, 0.1) is 0 Å². The number of allylic oxidation sites excluding steroid dienone is 1. The quantitative estimate of drug-likeness (QED) is 0.608. The van der Waals surface area contributed by atoms with Crippen molar-refractivity contribution < 1.29 is 5.11 Å². The van der Waals surface area contributed by atoms with E-state index in [1.807, 2.05) is 19.0 Å². The summed E-state index contributed by atoms with van der Waals surface area (Å²) in [5.41, 5.74) is 1.07. The van der Waals surface area contributed by atoms with Crippen molar-refractivity contribution in [1.82, 2.24) is 4.90 Å². The van der Waals surface area contributed by atoms with E-state index >= 15 is 0 Å². The van der Waals surface area contributed by atoms with Crippen molar-refractivity contribution in [1.29, 1.82) is 0 Å². The van der Waals surface area contributed by atoms with E-state index < -0.39 is 0 Å². The summed E-state index contributed by atoms with van der Waals surface area (Å²) in [5.74, 6) is 0. The van der Waals surface area contributed by atoms with Crippen molar-refractivity contribution in [2.75, 3.05) is 20.7 Å². The van der Waals surface area contributed by atoms with Crippen LogP contribution in [0.5, 0.6) is 0 Å². The van der Waals surface area contributed by atoms with Gasteiger partial charge in [-0.2, -0.15) is 0 Å². The minimum atomic E-state index is 0.257. The van der Waals surface area contributed by atoms with Crippen molar-refractivity contribution in [3.8, 4) is 0 Å². The first-order valence-electron chi connectivity index (χ1n) is 3.14. The molecule has 0 spiro atoms. The highest BCUT2D eigenvalue weighted by Gasteiger charge is 1.93. The van der Waals surface area contributed by atoms with Crippen LogP contribution < -0.4 is 0 Å². The van der Waals surface area contributed by atoms with Crippen LogP contribution in [0.15, 0.2) is 12.3 Å². The van der Waals surface area contributed by atoms with E-state index in [-0.39, 0.29) is 6.61 Å². The molecule has 0 aliphatic rings. The molecule has 0 heterocycles. The van der Waals surface area contributed by atoms with Gasteiger partial charge in [-0.1, -0.05) is 6.58 Å². The highest BCUT2D eigenvalue weighted by molar-refractivity contribution is 4.89. The molecule has 0 aromatic heterocycles. The van der Waals surface area contributed by atoms with Crippen LogP contribution in [-0.2, 0) is 0 Å². The maximum Gasteiger partial charge on any atom is 0.0434 e. The Kier molecular flexibility index (Phi) is 4.14. The lowest BCUT2D eigenvalue weighted by atomic mass is 10.2. The SMILES string of the molecule is C=C(CCCO)N(C)C. The van der Waals surface area contributed by atoms with Gasteiger partial charge in [0.1, 0.15) is 0 Å². The van der Waals surface area contributed by atoms with E-state index in [2.05, 4.69) is 6.58 Å². The fraction of sp³-hybridized carbons (Fsp3) is 0.714. The molecule has 0 aliphatic heterocycles. The Bertz CT molecular complexity index is 88.9. The van der Waals surface area contributed by atoms with Crippen molar-refractivity contribution in [3.05, 3.63) is 12.3 Å². The Morgan fingerprint density at radius 2 is 2.11 bits per heavy atom. The van der Waals surface area contributed by atoms with E-state index in [0.717, 1.165) is 18.5 Å². The molecule has 0 radical (unpaired) electrons. The Hall–Kier alpha value is -0.500. The smallest absolute Gasteiger partial charge is 0.0434 e. The van der Waals surface area contributed by atoms with Gasteiger partial charge in [0.15, 0.2) is 0 Å². The van der Waals surface area contributed by atoms with Crippen LogP contribution in [0.2, 0.25) is 0 Å². The Balaban J connectivity index is 3.28. The van der Waals surface area contributed by atoms with Crippen LogP contribution >= 0.6 is 0 Å². The highest BCUT2D eigenvalue weighted by Crippen LogP contribution is 2.02. The zero-order chi connectivity index (χ0) is 7.28. The van der Waals surface area contributed by atoms with E-state index in [4.69, 9.17) is 5.11 Å². The summed E-state index contributed by atoms with van der Waals surface area (Å²) in [6, 6.07) is 0. The van der Waals surface area contributed by atoms with Crippen molar-refractivity contribution in [2.45, 2.75) is 12.8 Å². The van der Waals surface area contributed by atoms with Gasteiger partial charge in [0.25, 0.3) is 0 Å². The molecule has 0 saturated heterocycles. The molecule has 0 amide bonds. The van der Waals surface area contributed by atoms with Crippen LogP contribution in [0.3, 0.4) is 0 Å². The molecule has 0 aliphatic carbocycles. The molecular weight excluding hydrogens is 114 g/mol. The molecular formula is C7H15NO. The summed E-state index contributed by atoms with van der Waals surface area (Å²) in [5, 5.41) is 8.44. The van der Waals surface area contributed by atoms with Gasteiger partial charge < -0.3 is 10.0 Å². The molecule has 9 heavy (non-hydrogen) atoms. The third-order valence-electron chi connectivity index (χ3n) is 1.26. The van der Waals surface area contributed by atoms with Gasteiger partial charge in [-0.15, -0.1) is 0 Å². The zero-order valence-corrected chi connectivity index (χ0v) is 6.22. The van der Waals surface area contributed by atoms with Gasteiger partial charge in [-0.25, -0.2) is 0 Å². The Labute approximate surface area is 56.8 Å². The molecule has 0 aromatic rings. The molecule has 0 saturated carbocycles. The molecule has 1 N–H and O–H groups in total. The van der Waals surface area contributed by atoms with Gasteiger partial charge in [0, 0.05) is 26.4 Å². The number of hydrogen-bond acceptors (Lipinski definition) is 2. The van der Waals surface area contributed by atoms with Crippen LogP contribution in [-0.4, -0.2) is 30.7 Å². The van der Waals surface area contributed by atoms with Gasteiger partial charge in [-0.05, 0) is 12.8 Å².